The molecule has 2 aliphatic rings. The van der Waals surface area contributed by atoms with Crippen molar-refractivity contribution in [2.24, 2.45) is 11.3 Å². The number of aliphatic hydroxyl groups is 1. The van der Waals surface area contributed by atoms with Gasteiger partial charge in [0.1, 0.15) is 0 Å². The van der Waals surface area contributed by atoms with E-state index in [4.69, 9.17) is 0 Å². The van der Waals surface area contributed by atoms with Crippen LogP contribution in [0, 0.1) is 11.3 Å². The fourth-order valence-corrected chi connectivity index (χ4v) is 3.72. The van der Waals surface area contributed by atoms with Crippen LogP contribution in [0.3, 0.4) is 0 Å². The zero-order valence-corrected chi connectivity index (χ0v) is 11.8. The van der Waals surface area contributed by atoms with Crippen LogP contribution >= 0.6 is 0 Å². The van der Waals surface area contributed by atoms with Crippen LogP contribution < -0.4 is 0 Å². The molecular formula is C15H29NO. The lowest BCUT2D eigenvalue weighted by Gasteiger charge is -2.39. The molecule has 1 heterocycles. The first-order valence-corrected chi connectivity index (χ1v) is 7.44. The second-order valence-corrected chi connectivity index (χ2v) is 6.99. The van der Waals surface area contributed by atoms with Gasteiger partial charge in [0.05, 0.1) is 6.10 Å². The fourth-order valence-electron chi connectivity index (χ4n) is 3.72. The normalized spacial score (nSPS) is 38.5. The third-order valence-electron chi connectivity index (χ3n) is 4.76. The molecule has 1 aliphatic carbocycles. The van der Waals surface area contributed by atoms with Crippen LogP contribution in [0.15, 0.2) is 0 Å². The summed E-state index contributed by atoms with van der Waals surface area (Å²) in [5, 5.41) is 10.2. The van der Waals surface area contributed by atoms with Gasteiger partial charge >= 0.3 is 0 Å². The summed E-state index contributed by atoms with van der Waals surface area (Å²) >= 11 is 0. The molecule has 3 atom stereocenters. The first-order chi connectivity index (χ1) is 8.02. The van der Waals surface area contributed by atoms with E-state index in [2.05, 4.69) is 25.7 Å². The van der Waals surface area contributed by atoms with E-state index in [1.165, 1.54) is 45.2 Å². The Labute approximate surface area is 106 Å². The van der Waals surface area contributed by atoms with Crippen LogP contribution in [0.1, 0.15) is 59.3 Å². The Hall–Kier alpha value is -0.0800. The molecule has 17 heavy (non-hydrogen) atoms. The largest absolute Gasteiger partial charge is 0.391 e. The number of hydrogen-bond donors (Lipinski definition) is 1. The van der Waals surface area contributed by atoms with E-state index in [0.29, 0.717) is 11.5 Å². The predicted molar refractivity (Wildman–Crippen MR) is 72.0 cm³/mol. The van der Waals surface area contributed by atoms with Gasteiger partial charge in [0, 0.05) is 12.6 Å². The first-order valence-electron chi connectivity index (χ1n) is 7.44. The quantitative estimate of drug-likeness (QED) is 0.818. The van der Waals surface area contributed by atoms with Crippen molar-refractivity contribution in [2.45, 2.75) is 71.4 Å². The molecule has 2 fully saturated rings. The highest BCUT2D eigenvalue weighted by atomic mass is 16.3. The van der Waals surface area contributed by atoms with Gasteiger partial charge in [0.15, 0.2) is 0 Å². The maximum absolute atomic E-state index is 10.2. The molecule has 2 nitrogen and oxygen atoms in total. The van der Waals surface area contributed by atoms with Crippen molar-refractivity contribution in [3.63, 3.8) is 0 Å². The van der Waals surface area contributed by atoms with Crippen molar-refractivity contribution in [1.29, 1.82) is 0 Å². The molecule has 1 N–H and O–H groups in total. The highest BCUT2D eigenvalue weighted by Crippen LogP contribution is 2.36. The molecule has 0 spiro atoms. The van der Waals surface area contributed by atoms with Crippen LogP contribution in [0.25, 0.3) is 0 Å². The van der Waals surface area contributed by atoms with Gasteiger partial charge in [-0.15, -0.1) is 0 Å². The van der Waals surface area contributed by atoms with Crippen molar-refractivity contribution in [2.75, 3.05) is 13.1 Å². The van der Waals surface area contributed by atoms with Crippen molar-refractivity contribution < 1.29 is 5.11 Å². The van der Waals surface area contributed by atoms with Crippen LogP contribution in [0.5, 0.6) is 0 Å². The summed E-state index contributed by atoms with van der Waals surface area (Å²) in [5.41, 5.74) is 0.456. The SMILES string of the molecule is CCCC1CCC(O)C(N2CCC(C)(C)C2)C1. The van der Waals surface area contributed by atoms with E-state index in [1.807, 2.05) is 0 Å². The second kappa shape index (κ2) is 5.27. The Morgan fingerprint density at radius 2 is 2.06 bits per heavy atom. The third-order valence-corrected chi connectivity index (χ3v) is 4.76. The molecule has 0 bridgehead atoms. The molecule has 0 aromatic heterocycles. The van der Waals surface area contributed by atoms with E-state index in [-0.39, 0.29) is 6.10 Å². The smallest absolute Gasteiger partial charge is 0.0695 e. The van der Waals surface area contributed by atoms with Gasteiger partial charge in [-0.3, -0.25) is 4.90 Å². The third kappa shape index (κ3) is 3.23. The van der Waals surface area contributed by atoms with Gasteiger partial charge in [-0.25, -0.2) is 0 Å². The minimum absolute atomic E-state index is 0.0722. The fraction of sp³-hybridized carbons (Fsp3) is 1.00. The molecule has 1 saturated carbocycles. The number of hydrogen-bond acceptors (Lipinski definition) is 2. The van der Waals surface area contributed by atoms with Crippen molar-refractivity contribution in [1.82, 2.24) is 4.90 Å². The molecule has 1 aliphatic heterocycles. The number of likely N-dealkylation sites (tertiary alicyclic amines) is 1. The Morgan fingerprint density at radius 3 is 2.65 bits per heavy atom. The summed E-state index contributed by atoms with van der Waals surface area (Å²) in [4.78, 5) is 2.56. The number of aliphatic hydroxyl groups excluding tert-OH is 1. The Balaban J connectivity index is 1.94. The van der Waals surface area contributed by atoms with Crippen LogP contribution in [0.2, 0.25) is 0 Å². The van der Waals surface area contributed by atoms with Gasteiger partial charge < -0.3 is 5.11 Å². The Bertz CT molecular complexity index is 251. The zero-order valence-electron chi connectivity index (χ0n) is 11.8. The number of nitrogens with zero attached hydrogens (tertiary/aromatic N) is 1. The average molecular weight is 239 g/mol. The molecule has 2 rings (SSSR count). The Kier molecular flexibility index (Phi) is 4.14. The summed E-state index contributed by atoms with van der Waals surface area (Å²) in [5.74, 6) is 0.858. The molecule has 3 unspecified atom stereocenters. The summed E-state index contributed by atoms with van der Waals surface area (Å²) in [6.45, 7) is 9.34. The van der Waals surface area contributed by atoms with Gasteiger partial charge in [-0.2, -0.15) is 0 Å². The maximum Gasteiger partial charge on any atom is 0.0695 e. The first kappa shape index (κ1) is 13.4. The number of rotatable bonds is 3. The minimum Gasteiger partial charge on any atom is -0.391 e. The van der Waals surface area contributed by atoms with Gasteiger partial charge in [-0.1, -0.05) is 33.6 Å². The topological polar surface area (TPSA) is 23.5 Å². The highest BCUT2D eigenvalue weighted by molar-refractivity contribution is 4.92. The monoisotopic (exact) mass is 239 g/mol. The highest BCUT2D eigenvalue weighted by Gasteiger charge is 2.38. The predicted octanol–water partition coefficient (Wildman–Crippen LogP) is 3.05. The summed E-state index contributed by atoms with van der Waals surface area (Å²) < 4.78 is 0. The van der Waals surface area contributed by atoms with Crippen molar-refractivity contribution in [3.8, 4) is 0 Å². The molecule has 0 aromatic rings. The van der Waals surface area contributed by atoms with E-state index in [9.17, 15) is 5.11 Å². The lowest BCUT2D eigenvalue weighted by Crippen LogP contribution is -2.46. The van der Waals surface area contributed by atoms with Gasteiger partial charge in [-0.05, 0) is 43.6 Å². The molecule has 2 heteroatoms. The Morgan fingerprint density at radius 1 is 1.29 bits per heavy atom. The minimum atomic E-state index is -0.0722. The molecule has 0 aromatic carbocycles. The van der Waals surface area contributed by atoms with E-state index >= 15 is 0 Å². The van der Waals surface area contributed by atoms with E-state index in [1.54, 1.807) is 0 Å². The standard InChI is InChI=1S/C15H29NO/c1-4-5-12-6-7-14(17)13(10-12)16-9-8-15(2,3)11-16/h12-14,17H,4-11H2,1-3H3. The second-order valence-electron chi connectivity index (χ2n) is 6.99. The van der Waals surface area contributed by atoms with Gasteiger partial charge in [0.25, 0.3) is 0 Å². The van der Waals surface area contributed by atoms with Crippen molar-refractivity contribution >= 4 is 0 Å². The van der Waals surface area contributed by atoms with E-state index in [0.717, 1.165) is 12.3 Å². The zero-order chi connectivity index (χ0) is 12.5. The van der Waals surface area contributed by atoms with Gasteiger partial charge in [0.2, 0.25) is 0 Å². The van der Waals surface area contributed by atoms with Crippen LogP contribution in [-0.4, -0.2) is 35.2 Å². The maximum atomic E-state index is 10.2. The van der Waals surface area contributed by atoms with Crippen LogP contribution in [-0.2, 0) is 0 Å². The van der Waals surface area contributed by atoms with E-state index < -0.39 is 0 Å². The molecule has 100 valence electrons. The summed E-state index contributed by atoms with van der Waals surface area (Å²) in [6.07, 6.45) is 7.34. The van der Waals surface area contributed by atoms with Crippen LogP contribution in [0.4, 0.5) is 0 Å². The summed E-state index contributed by atoms with van der Waals surface area (Å²) in [7, 11) is 0. The molecule has 0 radical (unpaired) electrons. The lowest BCUT2D eigenvalue weighted by molar-refractivity contribution is 0.00815. The summed E-state index contributed by atoms with van der Waals surface area (Å²) in [6, 6.07) is 0.446. The molecule has 1 saturated heterocycles. The average Bonchev–Trinajstić information content (AvgIpc) is 2.62. The molecular weight excluding hydrogens is 210 g/mol. The molecule has 0 amide bonds. The lowest BCUT2D eigenvalue weighted by atomic mass is 9.81. The van der Waals surface area contributed by atoms with Crippen molar-refractivity contribution in [3.05, 3.63) is 0 Å².